The van der Waals surface area contributed by atoms with Crippen LogP contribution in [0.4, 0.5) is 0 Å². The SMILES string of the molecule is O=C(CCn1cnc2ccccc21)NCCc1cc(Cl)c2c(c1)OCCO2. The number of imidazole rings is 1. The lowest BCUT2D eigenvalue weighted by molar-refractivity contribution is -0.121. The van der Waals surface area contributed by atoms with Crippen molar-refractivity contribution >= 4 is 28.5 Å². The molecule has 0 bridgehead atoms. The molecule has 6 nitrogen and oxygen atoms in total. The Labute approximate surface area is 162 Å². The maximum absolute atomic E-state index is 12.1. The molecule has 0 saturated carbocycles. The summed E-state index contributed by atoms with van der Waals surface area (Å²) in [7, 11) is 0. The molecule has 3 aromatic rings. The number of aryl methyl sites for hydroxylation is 1. The van der Waals surface area contributed by atoms with E-state index in [1.54, 1.807) is 6.33 Å². The third kappa shape index (κ3) is 4.01. The molecule has 4 rings (SSSR count). The molecule has 0 unspecified atom stereocenters. The van der Waals surface area contributed by atoms with Gasteiger partial charge in [0.1, 0.15) is 13.2 Å². The van der Waals surface area contributed by atoms with Crippen molar-refractivity contribution in [2.75, 3.05) is 19.8 Å². The zero-order valence-electron chi connectivity index (χ0n) is 14.8. The van der Waals surface area contributed by atoms with Crippen LogP contribution >= 0.6 is 11.6 Å². The smallest absolute Gasteiger partial charge is 0.221 e. The first kappa shape index (κ1) is 17.7. The van der Waals surface area contributed by atoms with E-state index in [0.29, 0.717) is 55.7 Å². The Morgan fingerprint density at radius 2 is 2.07 bits per heavy atom. The fraction of sp³-hybridized carbons (Fsp3) is 0.300. The molecule has 0 atom stereocenters. The number of rotatable bonds is 6. The van der Waals surface area contributed by atoms with Gasteiger partial charge in [0.05, 0.1) is 22.4 Å². The van der Waals surface area contributed by atoms with Crippen molar-refractivity contribution in [1.29, 1.82) is 0 Å². The van der Waals surface area contributed by atoms with E-state index < -0.39 is 0 Å². The third-order valence-corrected chi connectivity index (χ3v) is 4.78. The van der Waals surface area contributed by atoms with E-state index in [-0.39, 0.29) is 5.91 Å². The summed E-state index contributed by atoms with van der Waals surface area (Å²) in [4.78, 5) is 16.5. The van der Waals surface area contributed by atoms with E-state index in [2.05, 4.69) is 10.3 Å². The van der Waals surface area contributed by atoms with Gasteiger partial charge < -0.3 is 19.4 Å². The average molecular weight is 386 g/mol. The van der Waals surface area contributed by atoms with E-state index in [4.69, 9.17) is 21.1 Å². The normalized spacial score (nSPS) is 12.9. The second kappa shape index (κ2) is 7.88. The molecule has 2 aromatic carbocycles. The number of para-hydroxylation sites is 2. The van der Waals surface area contributed by atoms with Gasteiger partial charge in [-0.2, -0.15) is 0 Å². The number of nitrogens with one attached hydrogen (secondary N) is 1. The maximum atomic E-state index is 12.1. The van der Waals surface area contributed by atoms with Gasteiger partial charge >= 0.3 is 0 Å². The minimum absolute atomic E-state index is 0.0106. The summed E-state index contributed by atoms with van der Waals surface area (Å²) in [5.41, 5.74) is 2.98. The molecule has 7 heteroatoms. The lowest BCUT2D eigenvalue weighted by Gasteiger charge is -2.20. The number of fused-ring (bicyclic) bond motifs is 2. The number of ether oxygens (including phenoxy) is 2. The molecule has 0 aliphatic carbocycles. The van der Waals surface area contributed by atoms with Crippen LogP contribution in [0.25, 0.3) is 11.0 Å². The molecular formula is C20H20ClN3O3. The third-order valence-electron chi connectivity index (χ3n) is 4.50. The summed E-state index contributed by atoms with van der Waals surface area (Å²) in [6.45, 7) is 2.17. The highest BCUT2D eigenvalue weighted by Crippen LogP contribution is 2.38. The molecule has 0 saturated heterocycles. The van der Waals surface area contributed by atoms with Crippen LogP contribution in [-0.2, 0) is 17.8 Å². The average Bonchev–Trinajstić information content (AvgIpc) is 3.10. The van der Waals surface area contributed by atoms with Gasteiger partial charge in [-0.3, -0.25) is 4.79 Å². The van der Waals surface area contributed by atoms with Gasteiger partial charge in [-0.05, 0) is 36.2 Å². The van der Waals surface area contributed by atoms with Crippen LogP contribution in [0.1, 0.15) is 12.0 Å². The van der Waals surface area contributed by atoms with Crippen LogP contribution in [0.15, 0.2) is 42.7 Å². The van der Waals surface area contributed by atoms with Gasteiger partial charge in [-0.1, -0.05) is 23.7 Å². The van der Waals surface area contributed by atoms with E-state index in [1.807, 2.05) is 41.0 Å². The van der Waals surface area contributed by atoms with E-state index in [1.165, 1.54) is 0 Å². The van der Waals surface area contributed by atoms with Crippen LogP contribution < -0.4 is 14.8 Å². The Morgan fingerprint density at radius 1 is 1.22 bits per heavy atom. The second-order valence-corrected chi connectivity index (χ2v) is 6.79. The highest BCUT2D eigenvalue weighted by molar-refractivity contribution is 6.32. The number of aromatic nitrogens is 2. The lowest BCUT2D eigenvalue weighted by atomic mass is 10.1. The van der Waals surface area contributed by atoms with Gasteiger partial charge in [-0.25, -0.2) is 4.98 Å². The Morgan fingerprint density at radius 3 is 3.00 bits per heavy atom. The summed E-state index contributed by atoms with van der Waals surface area (Å²) < 4.78 is 13.1. The van der Waals surface area contributed by atoms with Crippen LogP contribution in [-0.4, -0.2) is 35.2 Å². The van der Waals surface area contributed by atoms with Crippen molar-refractivity contribution in [3.63, 3.8) is 0 Å². The molecule has 2 heterocycles. The van der Waals surface area contributed by atoms with E-state index in [9.17, 15) is 4.79 Å². The fourth-order valence-electron chi connectivity index (χ4n) is 3.15. The summed E-state index contributed by atoms with van der Waals surface area (Å²) in [6, 6.07) is 11.7. The first-order chi connectivity index (χ1) is 13.2. The minimum atomic E-state index is 0.0106. The summed E-state index contributed by atoms with van der Waals surface area (Å²) in [6.07, 6.45) is 2.85. The quantitative estimate of drug-likeness (QED) is 0.707. The summed E-state index contributed by atoms with van der Waals surface area (Å²) >= 11 is 6.24. The van der Waals surface area contributed by atoms with Gasteiger partial charge in [-0.15, -0.1) is 0 Å². The summed E-state index contributed by atoms with van der Waals surface area (Å²) in [5, 5.41) is 3.50. The van der Waals surface area contributed by atoms with Crippen molar-refractivity contribution < 1.29 is 14.3 Å². The zero-order valence-corrected chi connectivity index (χ0v) is 15.5. The monoisotopic (exact) mass is 385 g/mol. The number of hydrogen-bond acceptors (Lipinski definition) is 4. The van der Waals surface area contributed by atoms with Crippen molar-refractivity contribution in [1.82, 2.24) is 14.9 Å². The minimum Gasteiger partial charge on any atom is -0.486 e. The van der Waals surface area contributed by atoms with Crippen LogP contribution in [0.2, 0.25) is 5.02 Å². The Kier molecular flexibility index (Phi) is 5.16. The van der Waals surface area contributed by atoms with E-state index in [0.717, 1.165) is 16.6 Å². The number of amides is 1. The molecule has 27 heavy (non-hydrogen) atoms. The van der Waals surface area contributed by atoms with Gasteiger partial charge in [0.2, 0.25) is 5.91 Å². The van der Waals surface area contributed by atoms with Gasteiger partial charge in [0, 0.05) is 19.5 Å². The topological polar surface area (TPSA) is 65.4 Å². The molecular weight excluding hydrogens is 366 g/mol. The fourth-order valence-corrected chi connectivity index (χ4v) is 3.44. The highest BCUT2D eigenvalue weighted by atomic mass is 35.5. The molecule has 140 valence electrons. The predicted octanol–water partition coefficient (Wildman–Crippen LogP) is 3.21. The van der Waals surface area contributed by atoms with Gasteiger partial charge in [0.25, 0.3) is 0 Å². The van der Waals surface area contributed by atoms with E-state index >= 15 is 0 Å². The number of nitrogens with zero attached hydrogens (tertiary/aromatic N) is 2. The van der Waals surface area contributed by atoms with Crippen LogP contribution in [0.5, 0.6) is 11.5 Å². The number of benzene rings is 2. The van der Waals surface area contributed by atoms with Crippen molar-refractivity contribution in [2.45, 2.75) is 19.4 Å². The van der Waals surface area contributed by atoms with Crippen molar-refractivity contribution in [3.8, 4) is 11.5 Å². The molecule has 0 fully saturated rings. The Hall–Kier alpha value is -2.73. The Balaban J connectivity index is 1.28. The molecule has 1 aliphatic heterocycles. The predicted molar refractivity (Wildman–Crippen MR) is 104 cm³/mol. The molecule has 0 radical (unpaired) electrons. The standard InChI is InChI=1S/C20H20ClN3O3/c21-15-11-14(12-18-20(15)27-10-9-26-18)5-7-22-19(25)6-8-24-13-23-16-3-1-2-4-17(16)24/h1-4,11-13H,5-10H2,(H,22,25). The number of carbonyl (C=O) groups excluding carboxylic acids is 1. The number of halogens is 1. The van der Waals surface area contributed by atoms with Crippen molar-refractivity contribution in [3.05, 3.63) is 53.3 Å². The first-order valence-corrected chi connectivity index (χ1v) is 9.33. The first-order valence-electron chi connectivity index (χ1n) is 8.95. The molecule has 1 aromatic heterocycles. The largest absolute Gasteiger partial charge is 0.486 e. The van der Waals surface area contributed by atoms with Crippen LogP contribution in [0, 0.1) is 0 Å². The molecule has 1 amide bonds. The second-order valence-electron chi connectivity index (χ2n) is 6.38. The number of carbonyl (C=O) groups is 1. The Bertz CT molecular complexity index is 970. The molecule has 1 aliphatic rings. The van der Waals surface area contributed by atoms with Crippen LogP contribution in [0.3, 0.4) is 0 Å². The summed E-state index contributed by atoms with van der Waals surface area (Å²) in [5.74, 6) is 1.28. The van der Waals surface area contributed by atoms with Gasteiger partial charge in [0.15, 0.2) is 11.5 Å². The zero-order chi connectivity index (χ0) is 18.6. The molecule has 0 spiro atoms. The lowest BCUT2D eigenvalue weighted by Crippen LogP contribution is -2.26. The van der Waals surface area contributed by atoms with Crippen molar-refractivity contribution in [2.24, 2.45) is 0 Å². The number of hydrogen-bond donors (Lipinski definition) is 1. The highest BCUT2D eigenvalue weighted by Gasteiger charge is 2.16. The molecule has 1 N–H and O–H groups in total. The maximum Gasteiger partial charge on any atom is 0.221 e.